The third-order valence-corrected chi connectivity index (χ3v) is 2.87. The maximum absolute atomic E-state index is 11.9. The standard InChI is InChI=1S/C15H22O4/c1-12-4-5-14(10-13(12)2)15(16)11-19-9-8-18-7-6-17-3/h4-5,10H,6-9,11H2,1-3H3. The van der Waals surface area contributed by atoms with Gasteiger partial charge in [0, 0.05) is 12.7 Å². The molecule has 1 aromatic carbocycles. The van der Waals surface area contributed by atoms with Gasteiger partial charge in [0.25, 0.3) is 0 Å². The molecule has 0 radical (unpaired) electrons. The van der Waals surface area contributed by atoms with Crippen LogP contribution in [0.4, 0.5) is 0 Å². The largest absolute Gasteiger partial charge is 0.382 e. The fourth-order valence-corrected chi connectivity index (χ4v) is 1.53. The molecule has 0 unspecified atom stereocenters. The molecule has 19 heavy (non-hydrogen) atoms. The van der Waals surface area contributed by atoms with E-state index in [1.54, 1.807) is 7.11 Å². The van der Waals surface area contributed by atoms with E-state index >= 15 is 0 Å². The number of rotatable bonds is 9. The fraction of sp³-hybridized carbons (Fsp3) is 0.533. The molecule has 4 nitrogen and oxygen atoms in total. The highest BCUT2D eigenvalue weighted by molar-refractivity contribution is 5.97. The number of methoxy groups -OCH3 is 1. The van der Waals surface area contributed by atoms with Crippen LogP contribution in [0.15, 0.2) is 18.2 Å². The summed E-state index contributed by atoms with van der Waals surface area (Å²) in [5.74, 6) is -0.00000785. The fourth-order valence-electron chi connectivity index (χ4n) is 1.53. The molecule has 0 N–H and O–H groups in total. The minimum absolute atomic E-state index is 0.00000785. The molecule has 0 atom stereocenters. The van der Waals surface area contributed by atoms with Crippen LogP contribution in [0.2, 0.25) is 0 Å². The number of carbonyl (C=O) groups excluding carboxylic acids is 1. The number of benzene rings is 1. The zero-order chi connectivity index (χ0) is 14.1. The maximum Gasteiger partial charge on any atom is 0.188 e. The first-order valence-corrected chi connectivity index (χ1v) is 6.40. The predicted octanol–water partition coefficient (Wildman–Crippen LogP) is 2.17. The summed E-state index contributed by atoms with van der Waals surface area (Å²) in [6, 6.07) is 5.69. The second kappa shape index (κ2) is 8.80. The van der Waals surface area contributed by atoms with Gasteiger partial charge in [0.2, 0.25) is 0 Å². The predicted molar refractivity (Wildman–Crippen MR) is 73.8 cm³/mol. The van der Waals surface area contributed by atoms with Crippen molar-refractivity contribution in [2.24, 2.45) is 0 Å². The number of hydrogen-bond acceptors (Lipinski definition) is 4. The lowest BCUT2D eigenvalue weighted by atomic mass is 10.0. The first-order valence-electron chi connectivity index (χ1n) is 6.40. The summed E-state index contributed by atoms with van der Waals surface area (Å²) in [5.41, 5.74) is 3.00. The second-order valence-corrected chi connectivity index (χ2v) is 4.38. The lowest BCUT2D eigenvalue weighted by Gasteiger charge is -2.06. The quantitative estimate of drug-likeness (QED) is 0.507. The normalized spacial score (nSPS) is 10.7. The Hall–Kier alpha value is -1.23. The van der Waals surface area contributed by atoms with Gasteiger partial charge in [-0.25, -0.2) is 0 Å². The van der Waals surface area contributed by atoms with Crippen LogP contribution in [0.1, 0.15) is 21.5 Å². The van der Waals surface area contributed by atoms with Crippen molar-refractivity contribution < 1.29 is 19.0 Å². The van der Waals surface area contributed by atoms with Gasteiger partial charge in [0.1, 0.15) is 6.61 Å². The molecular formula is C15H22O4. The average Bonchev–Trinajstić information content (AvgIpc) is 2.40. The second-order valence-electron chi connectivity index (χ2n) is 4.38. The SMILES string of the molecule is COCCOCCOCC(=O)c1ccc(C)c(C)c1. The smallest absolute Gasteiger partial charge is 0.188 e. The van der Waals surface area contributed by atoms with Gasteiger partial charge in [-0.1, -0.05) is 12.1 Å². The Kier molecular flexibility index (Phi) is 7.33. The summed E-state index contributed by atoms with van der Waals surface area (Å²) >= 11 is 0. The summed E-state index contributed by atoms with van der Waals surface area (Å²) in [4.78, 5) is 11.9. The summed E-state index contributed by atoms with van der Waals surface area (Å²) in [5, 5.41) is 0. The Morgan fingerprint density at radius 1 is 1.00 bits per heavy atom. The average molecular weight is 266 g/mol. The molecule has 1 rings (SSSR count). The third kappa shape index (κ3) is 5.96. The number of ketones is 1. The molecule has 0 spiro atoms. The molecule has 0 aromatic heterocycles. The molecule has 4 heteroatoms. The van der Waals surface area contributed by atoms with Crippen molar-refractivity contribution in [1.29, 1.82) is 0 Å². The van der Waals surface area contributed by atoms with E-state index in [9.17, 15) is 4.79 Å². The maximum atomic E-state index is 11.9. The first kappa shape index (κ1) is 15.8. The molecule has 106 valence electrons. The summed E-state index contributed by atoms with van der Waals surface area (Å²) in [6.07, 6.45) is 0. The van der Waals surface area contributed by atoms with Crippen molar-refractivity contribution in [3.05, 3.63) is 34.9 Å². The molecule has 0 bridgehead atoms. The molecule has 0 aliphatic heterocycles. The van der Waals surface area contributed by atoms with Gasteiger partial charge < -0.3 is 14.2 Å². The van der Waals surface area contributed by atoms with E-state index < -0.39 is 0 Å². The van der Waals surface area contributed by atoms with Crippen LogP contribution >= 0.6 is 0 Å². The molecule has 0 heterocycles. The number of Topliss-reactive ketones (excluding diaryl/α,β-unsaturated/α-hetero) is 1. The number of carbonyl (C=O) groups is 1. The molecule has 0 saturated carbocycles. The van der Waals surface area contributed by atoms with Gasteiger partial charge in [-0.2, -0.15) is 0 Å². The Balaban J connectivity index is 2.22. The van der Waals surface area contributed by atoms with Crippen LogP contribution in [0, 0.1) is 13.8 Å². The summed E-state index contributed by atoms with van der Waals surface area (Å²) in [7, 11) is 1.63. The van der Waals surface area contributed by atoms with Gasteiger partial charge in [0.15, 0.2) is 5.78 Å². The van der Waals surface area contributed by atoms with E-state index in [2.05, 4.69) is 0 Å². The highest BCUT2D eigenvalue weighted by atomic mass is 16.5. The van der Waals surface area contributed by atoms with Crippen molar-refractivity contribution in [2.45, 2.75) is 13.8 Å². The molecule has 0 fully saturated rings. The number of ether oxygens (including phenoxy) is 3. The summed E-state index contributed by atoms with van der Waals surface area (Å²) < 4.78 is 15.4. The van der Waals surface area contributed by atoms with E-state index in [-0.39, 0.29) is 12.4 Å². The van der Waals surface area contributed by atoms with Gasteiger partial charge in [-0.3, -0.25) is 4.79 Å². The van der Waals surface area contributed by atoms with Crippen molar-refractivity contribution in [3.8, 4) is 0 Å². The topological polar surface area (TPSA) is 44.8 Å². The Bertz CT molecular complexity index is 401. The van der Waals surface area contributed by atoms with Crippen LogP contribution in [0.3, 0.4) is 0 Å². The lowest BCUT2D eigenvalue weighted by Crippen LogP contribution is -2.14. The number of aryl methyl sites for hydroxylation is 2. The Morgan fingerprint density at radius 2 is 1.68 bits per heavy atom. The van der Waals surface area contributed by atoms with Crippen LogP contribution < -0.4 is 0 Å². The number of hydrogen-bond donors (Lipinski definition) is 0. The molecule has 1 aromatic rings. The zero-order valence-corrected chi connectivity index (χ0v) is 11.9. The first-order chi connectivity index (χ1) is 9.15. The van der Waals surface area contributed by atoms with E-state index in [1.165, 1.54) is 5.56 Å². The van der Waals surface area contributed by atoms with Crippen molar-refractivity contribution >= 4 is 5.78 Å². The molecule has 0 saturated heterocycles. The Morgan fingerprint density at radius 3 is 2.37 bits per heavy atom. The molecule has 0 amide bonds. The highest BCUT2D eigenvalue weighted by Gasteiger charge is 2.06. The minimum Gasteiger partial charge on any atom is -0.382 e. The summed E-state index contributed by atoms with van der Waals surface area (Å²) in [6.45, 7) is 6.13. The Labute approximate surface area is 114 Å². The van der Waals surface area contributed by atoms with Crippen molar-refractivity contribution in [2.75, 3.05) is 40.1 Å². The molecular weight excluding hydrogens is 244 g/mol. The molecule has 0 aliphatic rings. The zero-order valence-electron chi connectivity index (χ0n) is 11.9. The van der Waals surface area contributed by atoms with Crippen LogP contribution in [0.25, 0.3) is 0 Å². The van der Waals surface area contributed by atoms with Crippen molar-refractivity contribution in [3.63, 3.8) is 0 Å². The third-order valence-electron chi connectivity index (χ3n) is 2.87. The van der Waals surface area contributed by atoms with Gasteiger partial charge in [-0.05, 0) is 31.0 Å². The van der Waals surface area contributed by atoms with E-state index in [4.69, 9.17) is 14.2 Å². The van der Waals surface area contributed by atoms with Gasteiger partial charge in [-0.15, -0.1) is 0 Å². The van der Waals surface area contributed by atoms with E-state index in [0.29, 0.717) is 32.0 Å². The minimum atomic E-state index is -0.00000785. The van der Waals surface area contributed by atoms with Crippen LogP contribution in [0.5, 0.6) is 0 Å². The van der Waals surface area contributed by atoms with Gasteiger partial charge in [0.05, 0.1) is 26.4 Å². The highest BCUT2D eigenvalue weighted by Crippen LogP contribution is 2.10. The van der Waals surface area contributed by atoms with Crippen molar-refractivity contribution in [1.82, 2.24) is 0 Å². The monoisotopic (exact) mass is 266 g/mol. The van der Waals surface area contributed by atoms with Gasteiger partial charge >= 0.3 is 0 Å². The lowest BCUT2D eigenvalue weighted by molar-refractivity contribution is 0.0253. The van der Waals surface area contributed by atoms with E-state index in [1.807, 2.05) is 32.0 Å². The van der Waals surface area contributed by atoms with Crippen LogP contribution in [-0.2, 0) is 14.2 Å². The molecule has 0 aliphatic carbocycles. The van der Waals surface area contributed by atoms with Crippen LogP contribution in [-0.4, -0.2) is 45.9 Å². The van der Waals surface area contributed by atoms with E-state index in [0.717, 1.165) is 5.56 Å².